The molecule has 2 heterocycles. The third kappa shape index (κ3) is 5.83. The first-order valence-electron chi connectivity index (χ1n) is 9.12. The highest BCUT2D eigenvalue weighted by atomic mass is 16.2. The van der Waals surface area contributed by atoms with Crippen LogP contribution in [-0.2, 0) is 11.2 Å². The van der Waals surface area contributed by atoms with E-state index >= 15 is 0 Å². The van der Waals surface area contributed by atoms with Crippen LogP contribution in [0.1, 0.15) is 23.0 Å². The summed E-state index contributed by atoms with van der Waals surface area (Å²) in [5.41, 5.74) is 2.68. The number of benzene rings is 1. The number of rotatable bonds is 7. The molecule has 0 fully saturated rings. The minimum Gasteiger partial charge on any atom is -0.358 e. The predicted octanol–water partition coefficient (Wildman–Crippen LogP) is 2.76. The second-order valence-corrected chi connectivity index (χ2v) is 6.50. The van der Waals surface area contributed by atoms with Crippen molar-refractivity contribution in [2.24, 2.45) is 0 Å². The number of hydrogen-bond donors (Lipinski definition) is 2. The highest BCUT2D eigenvalue weighted by molar-refractivity contribution is 6.02. The third-order valence-corrected chi connectivity index (χ3v) is 4.21. The van der Waals surface area contributed by atoms with Crippen molar-refractivity contribution in [3.8, 4) is 0 Å². The highest BCUT2D eigenvalue weighted by Crippen LogP contribution is 2.15. The molecule has 0 spiro atoms. The molecule has 2 aromatic heterocycles. The van der Waals surface area contributed by atoms with E-state index in [0.717, 1.165) is 13.0 Å². The molecule has 0 saturated heterocycles. The van der Waals surface area contributed by atoms with Gasteiger partial charge in [-0.15, -0.1) is 0 Å². The molecule has 1 aromatic carbocycles. The lowest BCUT2D eigenvalue weighted by atomic mass is 10.2. The maximum atomic E-state index is 12.4. The van der Waals surface area contributed by atoms with E-state index < -0.39 is 0 Å². The molecule has 8 heteroatoms. The summed E-state index contributed by atoms with van der Waals surface area (Å²) in [6.45, 7) is 2.21. The van der Waals surface area contributed by atoms with Gasteiger partial charge in [0, 0.05) is 44.3 Å². The summed E-state index contributed by atoms with van der Waals surface area (Å²) in [4.78, 5) is 38.0. The fraction of sp³-hybridized carbons (Fsp3) is 0.190. The van der Waals surface area contributed by atoms with Crippen LogP contribution in [-0.4, -0.2) is 40.4 Å². The van der Waals surface area contributed by atoms with Gasteiger partial charge in [-0.05, 0) is 48.4 Å². The summed E-state index contributed by atoms with van der Waals surface area (Å²) in [6, 6.07) is 10.8. The van der Waals surface area contributed by atoms with Gasteiger partial charge in [-0.2, -0.15) is 0 Å². The first kappa shape index (κ1) is 19.9. The smallest absolute Gasteiger partial charge is 0.275 e. The average Bonchev–Trinajstić information content (AvgIpc) is 2.74. The number of nitrogens with zero attached hydrogens (tertiary/aromatic N) is 4. The van der Waals surface area contributed by atoms with Gasteiger partial charge in [-0.3, -0.25) is 14.6 Å². The predicted molar refractivity (Wildman–Crippen MR) is 112 cm³/mol. The van der Waals surface area contributed by atoms with Gasteiger partial charge in [0.2, 0.25) is 5.91 Å². The Kier molecular flexibility index (Phi) is 6.47. The Morgan fingerprint density at radius 1 is 0.931 bits per heavy atom. The van der Waals surface area contributed by atoms with Crippen LogP contribution < -0.4 is 15.5 Å². The second-order valence-electron chi connectivity index (χ2n) is 6.50. The molecule has 0 bridgehead atoms. The van der Waals surface area contributed by atoms with Crippen molar-refractivity contribution >= 4 is 29.0 Å². The van der Waals surface area contributed by atoms with Crippen LogP contribution in [0.15, 0.2) is 61.2 Å². The molecule has 0 aliphatic heterocycles. The number of anilines is 3. The van der Waals surface area contributed by atoms with Crippen molar-refractivity contribution in [2.45, 2.75) is 13.3 Å². The lowest BCUT2D eigenvalue weighted by molar-refractivity contribution is -0.114. The van der Waals surface area contributed by atoms with E-state index in [1.165, 1.54) is 18.7 Å². The number of likely N-dealkylation sites (N-methyl/N-ethyl adjacent to an activating group) is 1. The zero-order valence-electron chi connectivity index (χ0n) is 16.3. The molecule has 0 aliphatic rings. The lowest BCUT2D eigenvalue weighted by Gasteiger charge is -2.17. The maximum absolute atomic E-state index is 12.4. The minimum atomic E-state index is -0.351. The van der Waals surface area contributed by atoms with Gasteiger partial charge in [0.25, 0.3) is 5.91 Å². The van der Waals surface area contributed by atoms with Crippen molar-refractivity contribution < 1.29 is 9.59 Å². The standard InChI is InChI=1S/C21H22N6O2/c1-15(28)25-17-3-5-18(6-4-17)26-21(29)19-13-24-20(14-23-19)27(2)12-9-16-7-10-22-11-8-16/h3-8,10-11,13-14H,9,12H2,1-2H3,(H,25,28)(H,26,29). The van der Waals surface area contributed by atoms with E-state index in [1.54, 1.807) is 42.9 Å². The zero-order valence-corrected chi connectivity index (χ0v) is 16.3. The Balaban J connectivity index is 1.56. The Morgan fingerprint density at radius 3 is 2.17 bits per heavy atom. The third-order valence-electron chi connectivity index (χ3n) is 4.21. The Labute approximate surface area is 169 Å². The molecule has 3 aromatic rings. The molecule has 0 atom stereocenters. The molecule has 29 heavy (non-hydrogen) atoms. The summed E-state index contributed by atoms with van der Waals surface area (Å²) in [5.74, 6) is 0.189. The second kappa shape index (κ2) is 9.41. The summed E-state index contributed by atoms with van der Waals surface area (Å²) in [7, 11) is 1.93. The van der Waals surface area contributed by atoms with Crippen molar-refractivity contribution in [3.05, 3.63) is 72.4 Å². The van der Waals surface area contributed by atoms with E-state index in [-0.39, 0.29) is 17.5 Å². The van der Waals surface area contributed by atoms with Crippen molar-refractivity contribution in [1.29, 1.82) is 0 Å². The molecule has 0 saturated carbocycles. The molecular formula is C21H22N6O2. The lowest BCUT2D eigenvalue weighted by Crippen LogP contribution is -2.22. The van der Waals surface area contributed by atoms with Gasteiger partial charge in [-0.1, -0.05) is 0 Å². The Morgan fingerprint density at radius 2 is 1.59 bits per heavy atom. The zero-order chi connectivity index (χ0) is 20.6. The van der Waals surface area contributed by atoms with Gasteiger partial charge in [-0.25, -0.2) is 9.97 Å². The van der Waals surface area contributed by atoms with Crippen molar-refractivity contribution in [3.63, 3.8) is 0 Å². The van der Waals surface area contributed by atoms with E-state index in [1.807, 2.05) is 24.1 Å². The van der Waals surface area contributed by atoms with Gasteiger partial charge in [0.15, 0.2) is 0 Å². The van der Waals surface area contributed by atoms with E-state index in [4.69, 9.17) is 0 Å². The summed E-state index contributed by atoms with van der Waals surface area (Å²) in [5, 5.41) is 5.43. The van der Waals surface area contributed by atoms with Gasteiger partial charge >= 0.3 is 0 Å². The quantitative estimate of drug-likeness (QED) is 0.643. The Hall–Kier alpha value is -3.81. The average molecular weight is 390 g/mol. The van der Waals surface area contributed by atoms with Crippen molar-refractivity contribution in [1.82, 2.24) is 15.0 Å². The Bertz CT molecular complexity index is 959. The SMILES string of the molecule is CC(=O)Nc1ccc(NC(=O)c2cnc(N(C)CCc3ccncc3)cn2)cc1. The first-order valence-corrected chi connectivity index (χ1v) is 9.12. The van der Waals surface area contributed by atoms with E-state index in [2.05, 4.69) is 25.6 Å². The van der Waals surface area contributed by atoms with E-state index in [0.29, 0.717) is 17.2 Å². The van der Waals surface area contributed by atoms with Crippen LogP contribution in [0, 0.1) is 0 Å². The van der Waals surface area contributed by atoms with Crippen LogP contribution in [0.4, 0.5) is 17.2 Å². The summed E-state index contributed by atoms with van der Waals surface area (Å²) in [6.07, 6.45) is 7.45. The molecule has 2 amide bonds. The number of hydrogen-bond acceptors (Lipinski definition) is 6. The van der Waals surface area contributed by atoms with Gasteiger partial charge in [0.05, 0.1) is 12.4 Å². The molecule has 0 unspecified atom stereocenters. The minimum absolute atomic E-state index is 0.150. The van der Waals surface area contributed by atoms with Crippen LogP contribution in [0.5, 0.6) is 0 Å². The number of carbonyl (C=O) groups is 2. The topological polar surface area (TPSA) is 100 Å². The number of aromatic nitrogens is 3. The number of nitrogens with one attached hydrogen (secondary N) is 2. The van der Waals surface area contributed by atoms with Crippen LogP contribution >= 0.6 is 0 Å². The fourth-order valence-corrected chi connectivity index (χ4v) is 2.63. The number of amides is 2. The van der Waals surface area contributed by atoms with Crippen LogP contribution in [0.2, 0.25) is 0 Å². The van der Waals surface area contributed by atoms with E-state index in [9.17, 15) is 9.59 Å². The fourth-order valence-electron chi connectivity index (χ4n) is 2.63. The molecule has 0 aliphatic carbocycles. The van der Waals surface area contributed by atoms with Crippen LogP contribution in [0.25, 0.3) is 0 Å². The number of carbonyl (C=O) groups excluding carboxylic acids is 2. The van der Waals surface area contributed by atoms with Crippen LogP contribution in [0.3, 0.4) is 0 Å². The highest BCUT2D eigenvalue weighted by Gasteiger charge is 2.10. The van der Waals surface area contributed by atoms with Gasteiger partial charge < -0.3 is 15.5 Å². The molecular weight excluding hydrogens is 368 g/mol. The molecule has 0 radical (unpaired) electrons. The number of pyridine rings is 1. The normalized spacial score (nSPS) is 10.3. The molecule has 8 nitrogen and oxygen atoms in total. The first-order chi connectivity index (χ1) is 14.0. The van der Waals surface area contributed by atoms with Gasteiger partial charge in [0.1, 0.15) is 11.5 Å². The monoisotopic (exact) mass is 390 g/mol. The molecule has 3 rings (SSSR count). The molecule has 2 N–H and O–H groups in total. The molecule has 148 valence electrons. The summed E-state index contributed by atoms with van der Waals surface area (Å²) >= 11 is 0. The maximum Gasteiger partial charge on any atom is 0.275 e. The van der Waals surface area contributed by atoms with Crippen molar-refractivity contribution in [2.75, 3.05) is 29.1 Å². The largest absolute Gasteiger partial charge is 0.358 e. The summed E-state index contributed by atoms with van der Waals surface area (Å²) < 4.78 is 0.